The summed E-state index contributed by atoms with van der Waals surface area (Å²) in [4.78, 5) is 37.0. The third kappa shape index (κ3) is 5.47. The molecule has 2 aromatic carbocycles. The lowest BCUT2D eigenvalue weighted by Crippen LogP contribution is -2.27. The minimum Gasteiger partial charge on any atom is -0.490 e. The van der Waals surface area contributed by atoms with Crippen LogP contribution in [0.1, 0.15) is 38.3 Å². The van der Waals surface area contributed by atoms with Gasteiger partial charge >= 0.3 is 0 Å². The van der Waals surface area contributed by atoms with Crippen LogP contribution in [-0.2, 0) is 11.3 Å². The highest BCUT2D eigenvalue weighted by molar-refractivity contribution is 8.18. The number of benzene rings is 2. The van der Waals surface area contributed by atoms with Gasteiger partial charge in [0.25, 0.3) is 16.8 Å². The molecule has 0 spiro atoms. The number of ether oxygens (including phenoxy) is 2. The van der Waals surface area contributed by atoms with Crippen molar-refractivity contribution < 1.29 is 24.0 Å². The second-order valence-corrected chi connectivity index (χ2v) is 8.16. The van der Waals surface area contributed by atoms with Gasteiger partial charge in [-0.15, -0.1) is 0 Å². The summed E-state index contributed by atoms with van der Waals surface area (Å²) in [5.74, 6) is 0.799. The lowest BCUT2D eigenvalue weighted by molar-refractivity contribution is -0.384. The maximum Gasteiger partial charge on any atom is 0.293 e. The van der Waals surface area contributed by atoms with E-state index in [-0.39, 0.29) is 23.6 Å². The van der Waals surface area contributed by atoms with Crippen LogP contribution in [0.25, 0.3) is 6.08 Å². The first-order chi connectivity index (χ1) is 15.3. The Kier molecular flexibility index (Phi) is 7.53. The summed E-state index contributed by atoms with van der Waals surface area (Å²) in [6.07, 6.45) is 2.54. The largest absolute Gasteiger partial charge is 0.490 e. The zero-order valence-corrected chi connectivity index (χ0v) is 18.9. The van der Waals surface area contributed by atoms with E-state index in [0.717, 1.165) is 23.1 Å². The molecular formula is C23H24N2O6S. The molecule has 1 fully saturated rings. The Balaban J connectivity index is 1.78. The molecule has 9 heteroatoms. The fraction of sp³-hybridized carbons (Fsp3) is 0.304. The van der Waals surface area contributed by atoms with Crippen molar-refractivity contribution >= 4 is 34.7 Å². The Morgan fingerprint density at radius 3 is 2.47 bits per heavy atom. The number of amides is 2. The van der Waals surface area contributed by atoms with E-state index >= 15 is 0 Å². The van der Waals surface area contributed by atoms with Crippen LogP contribution < -0.4 is 9.47 Å². The number of hydrogen-bond acceptors (Lipinski definition) is 7. The van der Waals surface area contributed by atoms with Gasteiger partial charge < -0.3 is 9.47 Å². The van der Waals surface area contributed by atoms with Crippen LogP contribution in [0, 0.1) is 10.1 Å². The fourth-order valence-electron chi connectivity index (χ4n) is 2.97. The Labute approximate surface area is 190 Å². The maximum atomic E-state index is 12.8. The minimum atomic E-state index is -0.498. The first kappa shape index (κ1) is 23.3. The van der Waals surface area contributed by atoms with E-state index in [4.69, 9.17) is 9.47 Å². The van der Waals surface area contributed by atoms with Gasteiger partial charge in [0.2, 0.25) is 0 Å². The highest BCUT2D eigenvalue weighted by atomic mass is 32.2. The van der Waals surface area contributed by atoms with Gasteiger partial charge in [-0.25, -0.2) is 0 Å². The summed E-state index contributed by atoms with van der Waals surface area (Å²) >= 11 is 0.860. The van der Waals surface area contributed by atoms with Crippen molar-refractivity contribution in [3.05, 3.63) is 68.6 Å². The van der Waals surface area contributed by atoms with Gasteiger partial charge in [-0.3, -0.25) is 24.6 Å². The number of nitrogens with zero attached hydrogens (tertiary/aromatic N) is 2. The standard InChI is InChI=1S/C23H24N2O6S/c1-4-15(3)31-19-11-8-17(12-20(19)30-5-2)13-21-22(26)24(23(27)32-21)14-16-6-9-18(10-7-16)25(28)29/h6-13,15H,4-5,14H2,1-3H3/b21-13+/t15-/m1/s1. The van der Waals surface area contributed by atoms with E-state index in [0.29, 0.717) is 34.1 Å². The second-order valence-electron chi connectivity index (χ2n) is 7.17. The van der Waals surface area contributed by atoms with Gasteiger partial charge in [0, 0.05) is 12.1 Å². The minimum absolute atomic E-state index is 0.0379. The molecule has 1 aliphatic heterocycles. The number of nitro benzene ring substituents is 1. The number of hydrogen-bond donors (Lipinski definition) is 0. The van der Waals surface area contributed by atoms with E-state index < -0.39 is 10.8 Å². The van der Waals surface area contributed by atoms with Crippen LogP contribution in [0.15, 0.2) is 47.4 Å². The molecule has 168 valence electrons. The zero-order chi connectivity index (χ0) is 23.3. The molecule has 0 saturated carbocycles. The first-order valence-corrected chi connectivity index (χ1v) is 11.1. The zero-order valence-electron chi connectivity index (χ0n) is 18.1. The van der Waals surface area contributed by atoms with Crippen molar-refractivity contribution in [1.82, 2.24) is 4.90 Å². The summed E-state index contributed by atoms with van der Waals surface area (Å²) in [7, 11) is 0. The molecule has 1 heterocycles. The van der Waals surface area contributed by atoms with E-state index in [1.54, 1.807) is 18.2 Å². The summed E-state index contributed by atoms with van der Waals surface area (Å²) < 4.78 is 11.6. The molecule has 0 N–H and O–H groups in total. The molecule has 2 amide bonds. The normalized spacial score (nSPS) is 15.8. The van der Waals surface area contributed by atoms with Gasteiger partial charge in [-0.2, -0.15) is 0 Å². The topological polar surface area (TPSA) is 99.0 Å². The van der Waals surface area contributed by atoms with Crippen LogP contribution in [0.4, 0.5) is 10.5 Å². The number of rotatable bonds is 9. The number of carbonyl (C=O) groups is 2. The predicted octanol–water partition coefficient (Wildman–Crippen LogP) is 5.41. The molecule has 0 radical (unpaired) electrons. The maximum absolute atomic E-state index is 12.8. The molecule has 1 atom stereocenters. The lowest BCUT2D eigenvalue weighted by atomic mass is 10.1. The lowest BCUT2D eigenvalue weighted by Gasteiger charge is -2.16. The average Bonchev–Trinajstić information content (AvgIpc) is 3.03. The van der Waals surface area contributed by atoms with Crippen LogP contribution in [0.2, 0.25) is 0 Å². The number of non-ortho nitro benzene ring substituents is 1. The summed E-state index contributed by atoms with van der Waals surface area (Å²) in [5.41, 5.74) is 1.30. The number of nitro groups is 1. The number of carbonyl (C=O) groups excluding carboxylic acids is 2. The Bertz CT molecular complexity index is 1050. The smallest absolute Gasteiger partial charge is 0.293 e. The third-order valence-corrected chi connectivity index (χ3v) is 5.74. The molecule has 1 aliphatic rings. The highest BCUT2D eigenvalue weighted by Gasteiger charge is 2.35. The quantitative estimate of drug-likeness (QED) is 0.283. The summed E-state index contributed by atoms with van der Waals surface area (Å²) in [6, 6.07) is 11.2. The van der Waals surface area contributed by atoms with Gasteiger partial charge in [-0.05, 0) is 61.4 Å². The molecule has 8 nitrogen and oxygen atoms in total. The molecule has 32 heavy (non-hydrogen) atoms. The summed E-state index contributed by atoms with van der Waals surface area (Å²) in [5, 5.41) is 10.4. The Morgan fingerprint density at radius 2 is 1.84 bits per heavy atom. The molecule has 0 unspecified atom stereocenters. The van der Waals surface area contributed by atoms with Gasteiger partial charge in [0.05, 0.1) is 29.1 Å². The van der Waals surface area contributed by atoms with Crippen LogP contribution in [-0.4, -0.2) is 33.7 Å². The van der Waals surface area contributed by atoms with E-state index in [1.807, 2.05) is 26.8 Å². The van der Waals surface area contributed by atoms with Crippen molar-refractivity contribution in [1.29, 1.82) is 0 Å². The Morgan fingerprint density at radius 1 is 1.12 bits per heavy atom. The number of thioether (sulfide) groups is 1. The molecule has 2 aromatic rings. The highest BCUT2D eigenvalue weighted by Crippen LogP contribution is 2.35. The van der Waals surface area contributed by atoms with Gasteiger partial charge in [0.1, 0.15) is 0 Å². The molecule has 1 saturated heterocycles. The van der Waals surface area contributed by atoms with Crippen LogP contribution in [0.5, 0.6) is 11.5 Å². The average molecular weight is 457 g/mol. The third-order valence-electron chi connectivity index (χ3n) is 4.83. The molecule has 3 rings (SSSR count). The molecular weight excluding hydrogens is 432 g/mol. The second kappa shape index (κ2) is 10.3. The molecule has 0 aromatic heterocycles. The van der Waals surface area contributed by atoms with Gasteiger partial charge in [-0.1, -0.05) is 25.1 Å². The first-order valence-electron chi connectivity index (χ1n) is 10.2. The number of imide groups is 1. The van der Waals surface area contributed by atoms with Crippen molar-refractivity contribution in [2.45, 2.75) is 39.8 Å². The van der Waals surface area contributed by atoms with Crippen molar-refractivity contribution in [3.63, 3.8) is 0 Å². The SMILES string of the molecule is CCOc1cc(/C=C2/SC(=O)N(Cc3ccc([N+](=O)[O-])cc3)C2=O)ccc1O[C@H](C)CC. The Hall–Kier alpha value is -3.33. The van der Waals surface area contributed by atoms with Crippen LogP contribution in [0.3, 0.4) is 0 Å². The van der Waals surface area contributed by atoms with Crippen molar-refractivity contribution in [2.75, 3.05) is 6.61 Å². The van der Waals surface area contributed by atoms with E-state index in [9.17, 15) is 19.7 Å². The van der Waals surface area contributed by atoms with Crippen molar-refractivity contribution in [3.8, 4) is 11.5 Å². The predicted molar refractivity (Wildman–Crippen MR) is 123 cm³/mol. The van der Waals surface area contributed by atoms with Crippen LogP contribution >= 0.6 is 11.8 Å². The summed E-state index contributed by atoms with van der Waals surface area (Å²) in [6.45, 7) is 6.40. The monoisotopic (exact) mass is 456 g/mol. The van der Waals surface area contributed by atoms with Gasteiger partial charge in [0.15, 0.2) is 11.5 Å². The molecule has 0 bridgehead atoms. The van der Waals surface area contributed by atoms with E-state index in [1.165, 1.54) is 24.3 Å². The van der Waals surface area contributed by atoms with Crippen molar-refractivity contribution in [2.24, 2.45) is 0 Å². The van der Waals surface area contributed by atoms with E-state index in [2.05, 4.69) is 0 Å². The molecule has 0 aliphatic carbocycles. The fourth-order valence-corrected chi connectivity index (χ4v) is 3.81.